The fourth-order valence-corrected chi connectivity index (χ4v) is 1.84. The summed E-state index contributed by atoms with van der Waals surface area (Å²) in [7, 11) is 1.38. The first-order valence-corrected chi connectivity index (χ1v) is 5.85. The van der Waals surface area contributed by atoms with E-state index in [1.165, 1.54) is 7.05 Å². The lowest BCUT2D eigenvalue weighted by atomic mass is 10.1. The topological polar surface area (TPSA) is 57.7 Å². The molecule has 0 atom stereocenters. The maximum Gasteiger partial charge on any atom is 0.333 e. The van der Waals surface area contributed by atoms with E-state index in [-0.39, 0.29) is 13.0 Å². The predicted molar refractivity (Wildman–Crippen MR) is 69.9 cm³/mol. The minimum atomic E-state index is -0.575. The van der Waals surface area contributed by atoms with Gasteiger partial charge in [0.2, 0.25) is 11.8 Å². The molecule has 0 saturated carbocycles. The highest BCUT2D eigenvalue weighted by Crippen LogP contribution is 2.15. The molecule has 0 unspecified atom stereocenters. The van der Waals surface area contributed by atoms with Crippen LogP contribution in [0.1, 0.15) is 17.5 Å². The Labute approximate surface area is 111 Å². The third-order valence-electron chi connectivity index (χ3n) is 3.05. The summed E-state index contributed by atoms with van der Waals surface area (Å²) in [6, 6.07) is 6.79. The summed E-state index contributed by atoms with van der Waals surface area (Å²) in [5, 5.41) is 0. The molecule has 1 aliphatic rings. The number of carbonyl (C=O) groups excluding carboxylic acids is 3. The summed E-state index contributed by atoms with van der Waals surface area (Å²) in [4.78, 5) is 37.0. The zero-order valence-corrected chi connectivity index (χ0v) is 10.6. The van der Waals surface area contributed by atoms with Gasteiger partial charge < -0.3 is 0 Å². The molecule has 1 aromatic carbocycles. The number of carbonyl (C=O) groups is 3. The van der Waals surface area contributed by atoms with Crippen molar-refractivity contribution in [1.82, 2.24) is 9.80 Å². The number of urea groups is 1. The Hall–Kier alpha value is -2.43. The quantitative estimate of drug-likeness (QED) is 0.774. The van der Waals surface area contributed by atoms with E-state index in [4.69, 9.17) is 0 Å². The van der Waals surface area contributed by atoms with Crippen LogP contribution >= 0.6 is 0 Å². The van der Waals surface area contributed by atoms with Gasteiger partial charge in [0.1, 0.15) is 6.42 Å². The first kappa shape index (κ1) is 13.0. The van der Waals surface area contributed by atoms with Crippen molar-refractivity contribution in [2.24, 2.45) is 0 Å². The fourth-order valence-electron chi connectivity index (χ4n) is 1.84. The third kappa shape index (κ3) is 2.54. The molecule has 0 N–H and O–H groups in total. The standard InChI is InChI=1S/C14H14N2O3/c1-3-10-4-6-11(7-5-10)9-16-13(18)8-12(17)15(2)14(16)19/h3-7H,1,8-9H2,2H3. The average molecular weight is 258 g/mol. The second-order valence-electron chi connectivity index (χ2n) is 4.34. The van der Waals surface area contributed by atoms with Crippen LogP contribution in [-0.2, 0) is 16.1 Å². The molecular weight excluding hydrogens is 244 g/mol. The zero-order valence-electron chi connectivity index (χ0n) is 10.6. The van der Waals surface area contributed by atoms with Crippen LogP contribution in [0.25, 0.3) is 6.08 Å². The van der Waals surface area contributed by atoms with Crippen molar-refractivity contribution < 1.29 is 14.4 Å². The molecule has 19 heavy (non-hydrogen) atoms. The molecule has 1 fully saturated rings. The van der Waals surface area contributed by atoms with E-state index in [9.17, 15) is 14.4 Å². The van der Waals surface area contributed by atoms with E-state index >= 15 is 0 Å². The summed E-state index contributed by atoms with van der Waals surface area (Å²) >= 11 is 0. The molecular formula is C14H14N2O3. The molecule has 98 valence electrons. The van der Waals surface area contributed by atoms with Gasteiger partial charge in [-0.05, 0) is 11.1 Å². The van der Waals surface area contributed by atoms with Crippen LogP contribution in [0.4, 0.5) is 4.79 Å². The molecule has 0 spiro atoms. The van der Waals surface area contributed by atoms with Crippen LogP contribution < -0.4 is 0 Å². The van der Waals surface area contributed by atoms with Gasteiger partial charge in [0.15, 0.2) is 0 Å². The summed E-state index contributed by atoms with van der Waals surface area (Å²) < 4.78 is 0. The van der Waals surface area contributed by atoms with Crippen molar-refractivity contribution in [2.45, 2.75) is 13.0 Å². The van der Waals surface area contributed by atoms with Crippen molar-refractivity contribution in [1.29, 1.82) is 0 Å². The Morgan fingerprint density at radius 3 is 2.37 bits per heavy atom. The Bertz CT molecular complexity index is 548. The summed E-state index contributed by atoms with van der Waals surface area (Å²) in [6.07, 6.45) is 1.46. The summed E-state index contributed by atoms with van der Waals surface area (Å²) in [6.45, 7) is 3.83. The largest absolute Gasteiger partial charge is 0.333 e. The van der Waals surface area contributed by atoms with Crippen LogP contribution in [-0.4, -0.2) is 34.7 Å². The first-order valence-electron chi connectivity index (χ1n) is 5.85. The Morgan fingerprint density at radius 2 is 1.79 bits per heavy atom. The van der Waals surface area contributed by atoms with Gasteiger partial charge in [-0.25, -0.2) is 4.79 Å². The Kier molecular flexibility index (Phi) is 3.46. The van der Waals surface area contributed by atoms with Crippen LogP contribution in [0, 0.1) is 0 Å². The van der Waals surface area contributed by atoms with Crippen molar-refractivity contribution in [3.05, 3.63) is 42.0 Å². The molecule has 0 aromatic heterocycles. The second-order valence-corrected chi connectivity index (χ2v) is 4.34. The highest BCUT2D eigenvalue weighted by Gasteiger charge is 2.35. The fraction of sp³-hybridized carbons (Fsp3) is 0.214. The number of hydrogen-bond acceptors (Lipinski definition) is 3. The molecule has 5 heteroatoms. The smallest absolute Gasteiger partial charge is 0.274 e. The number of amides is 4. The molecule has 0 radical (unpaired) electrons. The summed E-state index contributed by atoms with van der Waals surface area (Å²) in [5.41, 5.74) is 1.79. The molecule has 1 saturated heterocycles. The van der Waals surface area contributed by atoms with Crippen LogP contribution in [0.3, 0.4) is 0 Å². The van der Waals surface area contributed by atoms with E-state index in [0.29, 0.717) is 0 Å². The van der Waals surface area contributed by atoms with Gasteiger partial charge in [0.25, 0.3) is 0 Å². The van der Waals surface area contributed by atoms with Crippen molar-refractivity contribution in [3.8, 4) is 0 Å². The number of benzene rings is 1. The molecule has 1 aliphatic heterocycles. The number of barbiturate groups is 1. The van der Waals surface area contributed by atoms with Gasteiger partial charge in [0, 0.05) is 7.05 Å². The Morgan fingerprint density at radius 1 is 1.16 bits per heavy atom. The van der Waals surface area contributed by atoms with Crippen LogP contribution in [0.5, 0.6) is 0 Å². The monoisotopic (exact) mass is 258 g/mol. The zero-order chi connectivity index (χ0) is 14.0. The predicted octanol–water partition coefficient (Wildman–Crippen LogP) is 1.64. The molecule has 5 nitrogen and oxygen atoms in total. The molecule has 0 aliphatic carbocycles. The molecule has 2 rings (SSSR count). The van der Waals surface area contributed by atoms with Gasteiger partial charge >= 0.3 is 6.03 Å². The lowest BCUT2D eigenvalue weighted by Gasteiger charge is -2.30. The van der Waals surface area contributed by atoms with Gasteiger partial charge in [0.05, 0.1) is 6.54 Å². The van der Waals surface area contributed by atoms with Gasteiger partial charge in [-0.1, -0.05) is 36.9 Å². The number of nitrogens with zero attached hydrogens (tertiary/aromatic N) is 2. The molecule has 4 amide bonds. The highest BCUT2D eigenvalue weighted by atomic mass is 16.2. The van der Waals surface area contributed by atoms with E-state index in [1.807, 2.05) is 24.3 Å². The molecule has 1 heterocycles. The number of imide groups is 2. The minimum absolute atomic E-state index is 0.173. The maximum atomic E-state index is 11.9. The van der Waals surface area contributed by atoms with Crippen molar-refractivity contribution >= 4 is 23.9 Å². The number of rotatable bonds is 3. The first-order chi connectivity index (χ1) is 9.02. The molecule has 0 bridgehead atoms. The Balaban J connectivity index is 2.16. The van der Waals surface area contributed by atoms with E-state index < -0.39 is 17.8 Å². The maximum absolute atomic E-state index is 11.9. The van der Waals surface area contributed by atoms with Gasteiger partial charge in [-0.3, -0.25) is 19.4 Å². The number of hydrogen-bond donors (Lipinski definition) is 0. The van der Waals surface area contributed by atoms with E-state index in [0.717, 1.165) is 20.9 Å². The normalized spacial score (nSPS) is 15.9. The minimum Gasteiger partial charge on any atom is -0.274 e. The van der Waals surface area contributed by atoms with E-state index in [1.54, 1.807) is 6.08 Å². The SMILES string of the molecule is C=Cc1ccc(CN2C(=O)CC(=O)N(C)C2=O)cc1. The van der Waals surface area contributed by atoms with Gasteiger partial charge in [-0.2, -0.15) is 0 Å². The molecule has 1 aromatic rings. The lowest BCUT2D eigenvalue weighted by molar-refractivity contribution is -0.142. The average Bonchev–Trinajstić information content (AvgIpc) is 2.42. The lowest BCUT2D eigenvalue weighted by Crippen LogP contribution is -2.52. The van der Waals surface area contributed by atoms with E-state index in [2.05, 4.69) is 6.58 Å². The van der Waals surface area contributed by atoms with Crippen LogP contribution in [0.2, 0.25) is 0 Å². The van der Waals surface area contributed by atoms with Crippen LogP contribution in [0.15, 0.2) is 30.8 Å². The second kappa shape index (κ2) is 5.06. The highest BCUT2D eigenvalue weighted by molar-refractivity contribution is 6.13. The third-order valence-corrected chi connectivity index (χ3v) is 3.05. The van der Waals surface area contributed by atoms with Gasteiger partial charge in [-0.15, -0.1) is 0 Å². The summed E-state index contributed by atoms with van der Waals surface area (Å²) in [5.74, 6) is -0.922. The van der Waals surface area contributed by atoms with Crippen molar-refractivity contribution in [3.63, 3.8) is 0 Å². The van der Waals surface area contributed by atoms with Crippen molar-refractivity contribution in [2.75, 3.05) is 7.05 Å².